The third-order valence-electron chi connectivity index (χ3n) is 4.38. The number of fused-ring (bicyclic) bond motifs is 1. The van der Waals surface area contributed by atoms with E-state index in [0.717, 1.165) is 22.2 Å². The third kappa shape index (κ3) is 2.25. The standard InChI is InChI=1S/C16H18N2O4/c1-8-9(2)17-13-4-3-10(5-12(8)13)15(20)18-7-11(19)6-14(18)16(21)22/h3-5,11,14,17,19H,6-7H2,1-2H3,(H,21,22)/t11-,14+/m1/s1. The molecule has 1 aromatic heterocycles. The monoisotopic (exact) mass is 302 g/mol. The number of aliphatic hydroxyl groups is 1. The number of carboxylic acid groups (broad SMARTS) is 1. The van der Waals surface area contributed by atoms with Crippen LogP contribution in [0.4, 0.5) is 0 Å². The van der Waals surface area contributed by atoms with Crippen molar-refractivity contribution in [3.63, 3.8) is 0 Å². The number of β-amino-alcohol motifs (C(OH)–C–C–N with tert-alkyl or cyclic N) is 1. The molecule has 2 heterocycles. The Labute approximate surface area is 127 Å². The lowest BCUT2D eigenvalue weighted by Crippen LogP contribution is -2.40. The van der Waals surface area contributed by atoms with Gasteiger partial charge in [0.15, 0.2) is 0 Å². The van der Waals surface area contributed by atoms with E-state index < -0.39 is 18.1 Å². The summed E-state index contributed by atoms with van der Waals surface area (Å²) in [5.74, 6) is -1.44. The quantitative estimate of drug-likeness (QED) is 0.782. The molecule has 1 saturated heterocycles. The summed E-state index contributed by atoms with van der Waals surface area (Å²) in [5.41, 5.74) is 3.50. The van der Waals surface area contributed by atoms with Crippen molar-refractivity contribution < 1.29 is 19.8 Å². The Morgan fingerprint density at radius 1 is 1.32 bits per heavy atom. The van der Waals surface area contributed by atoms with Crippen LogP contribution in [0.2, 0.25) is 0 Å². The van der Waals surface area contributed by atoms with E-state index in [4.69, 9.17) is 0 Å². The predicted molar refractivity (Wildman–Crippen MR) is 80.9 cm³/mol. The number of aromatic amines is 1. The van der Waals surface area contributed by atoms with Gasteiger partial charge in [0.1, 0.15) is 6.04 Å². The van der Waals surface area contributed by atoms with Gasteiger partial charge >= 0.3 is 5.97 Å². The molecule has 0 unspecified atom stereocenters. The summed E-state index contributed by atoms with van der Waals surface area (Å²) in [4.78, 5) is 28.3. The van der Waals surface area contributed by atoms with Crippen molar-refractivity contribution in [2.24, 2.45) is 0 Å². The molecule has 0 saturated carbocycles. The largest absolute Gasteiger partial charge is 0.480 e. The van der Waals surface area contributed by atoms with Crippen molar-refractivity contribution in [1.29, 1.82) is 0 Å². The number of rotatable bonds is 2. The van der Waals surface area contributed by atoms with E-state index in [-0.39, 0.29) is 18.9 Å². The van der Waals surface area contributed by atoms with Crippen molar-refractivity contribution in [3.8, 4) is 0 Å². The number of carboxylic acids is 1. The number of nitrogens with one attached hydrogen (secondary N) is 1. The summed E-state index contributed by atoms with van der Waals surface area (Å²) in [7, 11) is 0. The first kappa shape index (κ1) is 14.6. The maximum Gasteiger partial charge on any atom is 0.326 e. The number of hydrogen-bond acceptors (Lipinski definition) is 3. The van der Waals surface area contributed by atoms with E-state index in [0.29, 0.717) is 5.56 Å². The number of H-pyrrole nitrogens is 1. The van der Waals surface area contributed by atoms with Crippen LogP contribution in [0, 0.1) is 13.8 Å². The van der Waals surface area contributed by atoms with Crippen molar-refractivity contribution in [3.05, 3.63) is 35.0 Å². The lowest BCUT2D eigenvalue weighted by atomic mass is 10.1. The number of benzene rings is 1. The number of amides is 1. The SMILES string of the molecule is Cc1[nH]c2ccc(C(=O)N3C[C@H](O)C[C@H]3C(=O)O)cc2c1C. The summed E-state index contributed by atoms with van der Waals surface area (Å²) in [6, 6.07) is 4.32. The van der Waals surface area contributed by atoms with Crippen LogP contribution in [-0.2, 0) is 4.79 Å². The highest BCUT2D eigenvalue weighted by molar-refractivity contribution is 6.00. The Bertz CT molecular complexity index is 765. The molecule has 1 fully saturated rings. The van der Waals surface area contributed by atoms with E-state index in [2.05, 4.69) is 4.98 Å². The Morgan fingerprint density at radius 2 is 2.05 bits per heavy atom. The minimum atomic E-state index is -1.08. The van der Waals surface area contributed by atoms with Crippen LogP contribution in [-0.4, -0.2) is 50.7 Å². The fourth-order valence-corrected chi connectivity index (χ4v) is 3.03. The van der Waals surface area contributed by atoms with Crippen molar-refractivity contribution in [2.45, 2.75) is 32.4 Å². The number of aliphatic hydroxyl groups excluding tert-OH is 1. The molecular formula is C16H18N2O4. The van der Waals surface area contributed by atoms with Gasteiger partial charge in [0, 0.05) is 35.1 Å². The van der Waals surface area contributed by atoms with E-state index in [1.54, 1.807) is 12.1 Å². The van der Waals surface area contributed by atoms with Gasteiger partial charge in [-0.05, 0) is 37.6 Å². The van der Waals surface area contributed by atoms with Gasteiger partial charge in [-0.2, -0.15) is 0 Å². The van der Waals surface area contributed by atoms with Gasteiger partial charge in [-0.3, -0.25) is 4.79 Å². The Kier molecular flexibility index (Phi) is 3.41. The highest BCUT2D eigenvalue weighted by atomic mass is 16.4. The molecule has 0 bridgehead atoms. The van der Waals surface area contributed by atoms with Gasteiger partial charge in [0.05, 0.1) is 6.10 Å². The van der Waals surface area contributed by atoms with Gasteiger partial charge in [0.2, 0.25) is 0 Å². The fraction of sp³-hybridized carbons (Fsp3) is 0.375. The highest BCUT2D eigenvalue weighted by Gasteiger charge is 2.39. The number of hydrogen-bond donors (Lipinski definition) is 3. The number of aliphatic carboxylic acids is 1. The van der Waals surface area contributed by atoms with Gasteiger partial charge in [0.25, 0.3) is 5.91 Å². The first-order valence-corrected chi connectivity index (χ1v) is 7.19. The molecule has 1 aromatic carbocycles. The molecule has 22 heavy (non-hydrogen) atoms. The molecule has 2 aromatic rings. The van der Waals surface area contributed by atoms with Crippen LogP contribution < -0.4 is 0 Å². The molecule has 6 nitrogen and oxygen atoms in total. The zero-order valence-corrected chi connectivity index (χ0v) is 12.5. The number of carbonyl (C=O) groups excluding carboxylic acids is 1. The Balaban J connectivity index is 1.98. The predicted octanol–water partition coefficient (Wildman–Crippen LogP) is 1.44. The molecule has 0 radical (unpaired) electrons. The van der Waals surface area contributed by atoms with Crippen LogP contribution in [0.15, 0.2) is 18.2 Å². The molecule has 1 amide bonds. The molecule has 1 aliphatic heterocycles. The molecule has 2 atom stereocenters. The Hall–Kier alpha value is -2.34. The van der Waals surface area contributed by atoms with Gasteiger partial charge in [-0.15, -0.1) is 0 Å². The van der Waals surface area contributed by atoms with E-state index in [1.165, 1.54) is 4.90 Å². The van der Waals surface area contributed by atoms with E-state index in [9.17, 15) is 19.8 Å². The maximum atomic E-state index is 12.6. The van der Waals surface area contributed by atoms with E-state index >= 15 is 0 Å². The molecular weight excluding hydrogens is 284 g/mol. The van der Waals surface area contributed by atoms with Crippen molar-refractivity contribution in [2.75, 3.05) is 6.54 Å². The zero-order valence-electron chi connectivity index (χ0n) is 12.5. The smallest absolute Gasteiger partial charge is 0.326 e. The molecule has 0 spiro atoms. The third-order valence-corrected chi connectivity index (χ3v) is 4.38. The van der Waals surface area contributed by atoms with Crippen molar-refractivity contribution >= 4 is 22.8 Å². The average Bonchev–Trinajstić information content (AvgIpc) is 3.00. The highest BCUT2D eigenvalue weighted by Crippen LogP contribution is 2.25. The Morgan fingerprint density at radius 3 is 2.73 bits per heavy atom. The summed E-state index contributed by atoms with van der Waals surface area (Å²) in [6.45, 7) is 4.00. The number of aryl methyl sites for hydroxylation is 2. The normalized spacial score (nSPS) is 21.5. The minimum absolute atomic E-state index is 0.0545. The second kappa shape index (κ2) is 5.14. The first-order chi connectivity index (χ1) is 10.4. The molecule has 1 aliphatic rings. The fourth-order valence-electron chi connectivity index (χ4n) is 3.03. The molecule has 0 aliphatic carbocycles. The molecule has 116 valence electrons. The van der Waals surface area contributed by atoms with Crippen LogP contribution in [0.5, 0.6) is 0 Å². The number of carbonyl (C=O) groups is 2. The van der Waals surface area contributed by atoms with Crippen molar-refractivity contribution in [1.82, 2.24) is 9.88 Å². The summed E-state index contributed by atoms with van der Waals surface area (Å²) < 4.78 is 0. The minimum Gasteiger partial charge on any atom is -0.480 e. The number of aromatic nitrogens is 1. The van der Waals surface area contributed by atoms with Gasteiger partial charge in [-0.1, -0.05) is 0 Å². The second-order valence-corrected chi connectivity index (χ2v) is 5.84. The molecule has 3 rings (SSSR count). The lowest BCUT2D eigenvalue weighted by Gasteiger charge is -2.21. The van der Waals surface area contributed by atoms with Crippen LogP contribution >= 0.6 is 0 Å². The lowest BCUT2D eigenvalue weighted by molar-refractivity contribution is -0.141. The van der Waals surface area contributed by atoms with Gasteiger partial charge < -0.3 is 20.1 Å². The topological polar surface area (TPSA) is 93.6 Å². The summed E-state index contributed by atoms with van der Waals surface area (Å²) in [5, 5.41) is 19.8. The average molecular weight is 302 g/mol. The summed E-state index contributed by atoms with van der Waals surface area (Å²) in [6.07, 6.45) is -0.712. The molecule has 3 N–H and O–H groups in total. The first-order valence-electron chi connectivity index (χ1n) is 7.19. The number of likely N-dealkylation sites (tertiary alicyclic amines) is 1. The van der Waals surface area contributed by atoms with Gasteiger partial charge in [-0.25, -0.2) is 4.79 Å². The van der Waals surface area contributed by atoms with Crippen LogP contribution in [0.1, 0.15) is 28.0 Å². The van der Waals surface area contributed by atoms with Crippen LogP contribution in [0.25, 0.3) is 10.9 Å². The summed E-state index contributed by atoms with van der Waals surface area (Å²) >= 11 is 0. The second-order valence-electron chi connectivity index (χ2n) is 5.84. The van der Waals surface area contributed by atoms with Crippen LogP contribution in [0.3, 0.4) is 0 Å². The van der Waals surface area contributed by atoms with E-state index in [1.807, 2.05) is 19.9 Å². The molecule has 6 heteroatoms. The zero-order chi connectivity index (χ0) is 16.0. The maximum absolute atomic E-state index is 12.6. The number of nitrogens with zero attached hydrogens (tertiary/aromatic N) is 1.